The SMILES string of the molecule is C[C@@H]1CN(C(=O)[C@@H](C)Sc2nc3ccccc3c(=O)n2Cc2ccccc2)C[C@@H](C)O1. The molecule has 1 aliphatic heterocycles. The van der Waals surface area contributed by atoms with Gasteiger partial charge in [-0.3, -0.25) is 14.2 Å². The Morgan fingerprint density at radius 3 is 2.45 bits per heavy atom. The maximum atomic E-state index is 13.3. The summed E-state index contributed by atoms with van der Waals surface area (Å²) >= 11 is 1.34. The van der Waals surface area contributed by atoms with Crippen molar-refractivity contribution in [3.63, 3.8) is 0 Å². The first kappa shape index (κ1) is 21.6. The zero-order valence-corrected chi connectivity index (χ0v) is 18.8. The van der Waals surface area contributed by atoms with Crippen molar-refractivity contribution in [1.82, 2.24) is 14.5 Å². The molecule has 0 spiro atoms. The van der Waals surface area contributed by atoms with E-state index in [1.165, 1.54) is 11.8 Å². The number of hydrogen-bond acceptors (Lipinski definition) is 5. The van der Waals surface area contributed by atoms with Gasteiger partial charge in [-0.2, -0.15) is 0 Å². The van der Waals surface area contributed by atoms with Crippen molar-refractivity contribution in [2.45, 2.75) is 49.9 Å². The first-order valence-corrected chi connectivity index (χ1v) is 11.4. The summed E-state index contributed by atoms with van der Waals surface area (Å²) in [7, 11) is 0. The predicted molar refractivity (Wildman–Crippen MR) is 123 cm³/mol. The number of fused-ring (bicyclic) bond motifs is 1. The second-order valence-electron chi connectivity index (χ2n) is 8.05. The fourth-order valence-corrected chi connectivity index (χ4v) is 4.96. The molecule has 0 saturated carbocycles. The van der Waals surface area contributed by atoms with Crippen LogP contribution in [0.15, 0.2) is 64.5 Å². The van der Waals surface area contributed by atoms with Gasteiger partial charge in [0.25, 0.3) is 5.56 Å². The van der Waals surface area contributed by atoms with Crippen molar-refractivity contribution in [3.8, 4) is 0 Å². The highest BCUT2D eigenvalue weighted by molar-refractivity contribution is 8.00. The molecule has 1 saturated heterocycles. The Morgan fingerprint density at radius 1 is 1.10 bits per heavy atom. The minimum atomic E-state index is -0.368. The van der Waals surface area contributed by atoms with Crippen LogP contribution in [0.5, 0.6) is 0 Å². The lowest BCUT2D eigenvalue weighted by Gasteiger charge is -2.36. The second kappa shape index (κ2) is 9.24. The van der Waals surface area contributed by atoms with Crippen molar-refractivity contribution in [2.24, 2.45) is 0 Å². The number of morpholine rings is 1. The minimum Gasteiger partial charge on any atom is -0.372 e. The van der Waals surface area contributed by atoms with Crippen LogP contribution in [0.25, 0.3) is 10.9 Å². The van der Waals surface area contributed by atoms with E-state index in [2.05, 4.69) is 0 Å². The molecule has 4 rings (SSSR count). The van der Waals surface area contributed by atoms with E-state index in [9.17, 15) is 9.59 Å². The monoisotopic (exact) mass is 437 g/mol. The number of rotatable bonds is 5. The quantitative estimate of drug-likeness (QED) is 0.451. The molecule has 0 bridgehead atoms. The van der Waals surface area contributed by atoms with Crippen LogP contribution < -0.4 is 5.56 Å². The second-order valence-corrected chi connectivity index (χ2v) is 9.36. The van der Waals surface area contributed by atoms with Gasteiger partial charge < -0.3 is 9.64 Å². The molecule has 0 unspecified atom stereocenters. The Hall–Kier alpha value is -2.64. The third-order valence-electron chi connectivity index (χ3n) is 5.37. The van der Waals surface area contributed by atoms with Crippen molar-refractivity contribution in [2.75, 3.05) is 13.1 Å². The summed E-state index contributed by atoms with van der Waals surface area (Å²) in [6.45, 7) is 7.41. The van der Waals surface area contributed by atoms with E-state index in [0.717, 1.165) is 5.56 Å². The lowest BCUT2D eigenvalue weighted by atomic mass is 10.2. The zero-order valence-electron chi connectivity index (χ0n) is 18.0. The van der Waals surface area contributed by atoms with Crippen LogP contribution >= 0.6 is 11.8 Å². The van der Waals surface area contributed by atoms with Crippen molar-refractivity contribution >= 4 is 28.6 Å². The summed E-state index contributed by atoms with van der Waals surface area (Å²) in [4.78, 5) is 33.1. The average Bonchev–Trinajstić information content (AvgIpc) is 2.76. The standard InChI is InChI=1S/C24H27N3O3S/c1-16-13-26(14-17(2)30-16)22(28)18(3)31-24-25-21-12-8-7-11-20(21)23(29)27(24)15-19-9-5-4-6-10-19/h4-12,16-18H,13-15H2,1-3H3/t16-,17-,18-/m1/s1. The topological polar surface area (TPSA) is 64.4 Å². The molecule has 1 aromatic heterocycles. The Morgan fingerprint density at radius 2 is 1.74 bits per heavy atom. The van der Waals surface area contributed by atoms with Crippen LogP contribution in [0.1, 0.15) is 26.3 Å². The van der Waals surface area contributed by atoms with E-state index in [0.29, 0.717) is 35.7 Å². The van der Waals surface area contributed by atoms with Crippen molar-refractivity contribution < 1.29 is 9.53 Å². The normalized spacial score (nSPS) is 20.0. The van der Waals surface area contributed by atoms with Gasteiger partial charge in [0.05, 0.1) is 34.9 Å². The number of carbonyl (C=O) groups excluding carboxylic acids is 1. The molecular formula is C24H27N3O3S. The Labute approximate surface area is 186 Å². The van der Waals surface area contributed by atoms with Crippen LogP contribution in [0.2, 0.25) is 0 Å². The summed E-state index contributed by atoms with van der Waals surface area (Å²) in [5.41, 5.74) is 1.57. The number of hydrogen-bond donors (Lipinski definition) is 0. The number of ether oxygens (including phenoxy) is 1. The average molecular weight is 438 g/mol. The van der Waals surface area contributed by atoms with E-state index in [4.69, 9.17) is 9.72 Å². The number of thioether (sulfide) groups is 1. The van der Waals surface area contributed by atoms with E-state index in [-0.39, 0.29) is 28.9 Å². The number of aromatic nitrogens is 2. The molecule has 0 aliphatic carbocycles. The van der Waals surface area contributed by atoms with Gasteiger partial charge in [0.15, 0.2) is 5.16 Å². The highest BCUT2D eigenvalue weighted by atomic mass is 32.2. The zero-order chi connectivity index (χ0) is 22.0. The summed E-state index contributed by atoms with van der Waals surface area (Å²) < 4.78 is 7.43. The van der Waals surface area contributed by atoms with E-state index in [1.807, 2.05) is 74.2 Å². The predicted octanol–water partition coefficient (Wildman–Crippen LogP) is 3.56. The number of benzene rings is 2. The third-order valence-corrected chi connectivity index (χ3v) is 6.45. The van der Waals surface area contributed by atoms with Gasteiger partial charge in [0, 0.05) is 13.1 Å². The molecule has 1 fully saturated rings. The van der Waals surface area contributed by atoms with Crippen LogP contribution in [0.3, 0.4) is 0 Å². The van der Waals surface area contributed by atoms with Gasteiger partial charge >= 0.3 is 0 Å². The molecule has 162 valence electrons. The maximum Gasteiger partial charge on any atom is 0.262 e. The molecule has 2 aromatic carbocycles. The molecule has 0 radical (unpaired) electrons. The van der Waals surface area contributed by atoms with Crippen LogP contribution in [-0.4, -0.2) is 50.9 Å². The molecule has 1 amide bonds. The Balaban J connectivity index is 1.66. The summed E-state index contributed by atoms with van der Waals surface area (Å²) in [6, 6.07) is 17.2. The van der Waals surface area contributed by atoms with Crippen LogP contribution in [0, 0.1) is 0 Å². The number of amides is 1. The minimum absolute atomic E-state index is 0.0138. The lowest BCUT2D eigenvalue weighted by molar-refractivity contribution is -0.142. The summed E-state index contributed by atoms with van der Waals surface area (Å²) in [6.07, 6.45) is 0.0277. The van der Waals surface area contributed by atoms with Gasteiger partial charge in [0.2, 0.25) is 5.91 Å². The first-order valence-electron chi connectivity index (χ1n) is 10.6. The first-order chi connectivity index (χ1) is 14.9. The number of nitrogens with zero attached hydrogens (tertiary/aromatic N) is 3. The molecule has 0 N–H and O–H groups in total. The number of para-hydroxylation sites is 1. The molecule has 2 heterocycles. The van der Waals surface area contributed by atoms with Crippen molar-refractivity contribution in [3.05, 3.63) is 70.5 Å². The highest BCUT2D eigenvalue weighted by Gasteiger charge is 2.30. The van der Waals surface area contributed by atoms with E-state index < -0.39 is 0 Å². The molecule has 1 aliphatic rings. The van der Waals surface area contributed by atoms with Gasteiger partial charge in [-0.15, -0.1) is 0 Å². The lowest BCUT2D eigenvalue weighted by Crippen LogP contribution is -2.50. The van der Waals surface area contributed by atoms with Gasteiger partial charge in [-0.1, -0.05) is 54.2 Å². The number of carbonyl (C=O) groups is 1. The van der Waals surface area contributed by atoms with Gasteiger partial charge in [-0.05, 0) is 38.5 Å². The molecule has 3 atom stereocenters. The smallest absolute Gasteiger partial charge is 0.262 e. The summed E-state index contributed by atoms with van der Waals surface area (Å²) in [5.74, 6) is 0.0423. The Bertz CT molecular complexity index is 1120. The van der Waals surface area contributed by atoms with Gasteiger partial charge in [0.1, 0.15) is 0 Å². The molecule has 7 heteroatoms. The largest absolute Gasteiger partial charge is 0.372 e. The fraction of sp³-hybridized carbons (Fsp3) is 0.375. The molecule has 6 nitrogen and oxygen atoms in total. The highest BCUT2D eigenvalue weighted by Crippen LogP contribution is 2.25. The third kappa shape index (κ3) is 4.83. The molecule has 31 heavy (non-hydrogen) atoms. The van der Waals surface area contributed by atoms with Crippen molar-refractivity contribution in [1.29, 1.82) is 0 Å². The van der Waals surface area contributed by atoms with Gasteiger partial charge in [-0.25, -0.2) is 4.98 Å². The Kier molecular flexibility index (Phi) is 6.43. The van der Waals surface area contributed by atoms with Crippen LogP contribution in [-0.2, 0) is 16.1 Å². The summed E-state index contributed by atoms with van der Waals surface area (Å²) in [5, 5.41) is 0.771. The maximum absolute atomic E-state index is 13.3. The molecule has 3 aromatic rings. The van der Waals surface area contributed by atoms with Crippen LogP contribution in [0.4, 0.5) is 0 Å². The van der Waals surface area contributed by atoms with E-state index >= 15 is 0 Å². The van der Waals surface area contributed by atoms with E-state index in [1.54, 1.807) is 10.6 Å². The fourth-order valence-electron chi connectivity index (χ4n) is 3.97. The molecular weight excluding hydrogens is 410 g/mol.